The third kappa shape index (κ3) is 2.80. The van der Waals surface area contributed by atoms with E-state index in [9.17, 15) is 4.79 Å². The molecule has 0 aliphatic heterocycles. The lowest BCUT2D eigenvalue weighted by Crippen LogP contribution is -2.24. The van der Waals surface area contributed by atoms with Crippen LogP contribution in [-0.2, 0) is 13.6 Å². The fraction of sp³-hybridized carbons (Fsp3) is 0.182. The minimum Gasteiger partial charge on any atom is -0.346 e. The van der Waals surface area contributed by atoms with Gasteiger partial charge in [0.1, 0.15) is 5.15 Å². The third-order valence-corrected chi connectivity index (χ3v) is 2.93. The van der Waals surface area contributed by atoms with Crippen molar-refractivity contribution in [2.45, 2.75) is 6.54 Å². The highest BCUT2D eigenvalue weighted by atomic mass is 35.5. The largest absolute Gasteiger partial charge is 0.346 e. The Bertz CT molecular complexity index is 582. The molecule has 1 N–H and O–H groups in total. The number of carbonyl (C=O) groups excluding carboxylic acids is 1. The van der Waals surface area contributed by atoms with E-state index in [1.54, 1.807) is 17.9 Å². The van der Waals surface area contributed by atoms with Crippen LogP contribution >= 0.6 is 23.2 Å². The van der Waals surface area contributed by atoms with E-state index in [1.165, 1.54) is 12.3 Å². The Morgan fingerprint density at radius 2 is 2.28 bits per heavy atom. The summed E-state index contributed by atoms with van der Waals surface area (Å²) in [6.45, 7) is 0.367. The Morgan fingerprint density at radius 3 is 2.94 bits per heavy atom. The summed E-state index contributed by atoms with van der Waals surface area (Å²) in [7, 11) is 1.80. The van der Waals surface area contributed by atoms with Gasteiger partial charge in [-0.3, -0.25) is 9.48 Å². The number of nitrogens with one attached hydrogen (secondary N) is 1. The van der Waals surface area contributed by atoms with Crippen LogP contribution in [0.1, 0.15) is 16.1 Å². The molecule has 0 aliphatic rings. The first kappa shape index (κ1) is 12.9. The molecule has 0 spiro atoms. The van der Waals surface area contributed by atoms with Crippen molar-refractivity contribution in [3.05, 3.63) is 46.0 Å². The van der Waals surface area contributed by atoms with Crippen LogP contribution < -0.4 is 5.32 Å². The zero-order valence-electron chi connectivity index (χ0n) is 9.52. The number of pyridine rings is 1. The van der Waals surface area contributed by atoms with Gasteiger partial charge in [-0.25, -0.2) is 4.98 Å². The van der Waals surface area contributed by atoms with Crippen LogP contribution in [0.15, 0.2) is 24.5 Å². The molecule has 2 aromatic heterocycles. The number of hydrogen-bond donors (Lipinski definition) is 1. The van der Waals surface area contributed by atoms with Crippen molar-refractivity contribution in [3.8, 4) is 0 Å². The van der Waals surface area contributed by atoms with E-state index < -0.39 is 0 Å². The van der Waals surface area contributed by atoms with Gasteiger partial charge in [0.05, 0.1) is 22.8 Å². The van der Waals surface area contributed by atoms with Crippen molar-refractivity contribution < 1.29 is 4.79 Å². The first-order valence-electron chi connectivity index (χ1n) is 5.14. The SMILES string of the molecule is Cn1nccc1CNC(=O)c1cc(Cl)ncc1Cl. The summed E-state index contributed by atoms with van der Waals surface area (Å²) in [6, 6.07) is 3.25. The normalized spacial score (nSPS) is 10.4. The topological polar surface area (TPSA) is 59.8 Å². The average Bonchev–Trinajstić information content (AvgIpc) is 2.75. The predicted molar refractivity (Wildman–Crippen MR) is 68.6 cm³/mol. The second kappa shape index (κ2) is 5.37. The highest BCUT2D eigenvalue weighted by Gasteiger charge is 2.12. The molecule has 18 heavy (non-hydrogen) atoms. The molecule has 0 unspecified atom stereocenters. The predicted octanol–water partition coefficient (Wildman–Crippen LogP) is 2.05. The molecule has 0 radical (unpaired) electrons. The second-order valence-corrected chi connectivity index (χ2v) is 4.41. The Kier molecular flexibility index (Phi) is 3.84. The standard InChI is InChI=1S/C11H10Cl2N4O/c1-17-7(2-3-16-17)5-15-11(18)8-4-10(13)14-6-9(8)12/h2-4,6H,5H2,1H3,(H,15,18). The Morgan fingerprint density at radius 1 is 1.50 bits per heavy atom. The molecule has 2 aromatic rings. The van der Waals surface area contributed by atoms with E-state index >= 15 is 0 Å². The lowest BCUT2D eigenvalue weighted by atomic mass is 10.2. The van der Waals surface area contributed by atoms with Gasteiger partial charge in [0, 0.05) is 19.4 Å². The quantitative estimate of drug-likeness (QED) is 0.878. The van der Waals surface area contributed by atoms with Crippen LogP contribution in [0.25, 0.3) is 0 Å². The van der Waals surface area contributed by atoms with E-state index in [0.29, 0.717) is 12.1 Å². The monoisotopic (exact) mass is 284 g/mol. The van der Waals surface area contributed by atoms with Gasteiger partial charge < -0.3 is 5.32 Å². The smallest absolute Gasteiger partial charge is 0.253 e. The molecule has 1 amide bonds. The van der Waals surface area contributed by atoms with Crippen LogP contribution in [0.2, 0.25) is 10.2 Å². The van der Waals surface area contributed by atoms with Gasteiger partial charge in [-0.1, -0.05) is 23.2 Å². The summed E-state index contributed by atoms with van der Waals surface area (Å²) in [5.74, 6) is -0.300. The maximum absolute atomic E-state index is 11.9. The molecule has 5 nitrogen and oxygen atoms in total. The number of rotatable bonds is 3. The number of hydrogen-bond acceptors (Lipinski definition) is 3. The Hall–Kier alpha value is -1.59. The molecular weight excluding hydrogens is 275 g/mol. The van der Waals surface area contributed by atoms with Gasteiger partial charge in [0.15, 0.2) is 0 Å². The fourth-order valence-electron chi connectivity index (χ4n) is 1.43. The zero-order chi connectivity index (χ0) is 13.1. The molecule has 0 aliphatic carbocycles. The van der Waals surface area contributed by atoms with Gasteiger partial charge in [-0.05, 0) is 12.1 Å². The first-order valence-corrected chi connectivity index (χ1v) is 5.89. The van der Waals surface area contributed by atoms with Crippen molar-refractivity contribution in [2.24, 2.45) is 7.05 Å². The summed E-state index contributed by atoms with van der Waals surface area (Å²) in [5, 5.41) is 7.24. The van der Waals surface area contributed by atoms with Gasteiger partial charge in [0.2, 0.25) is 0 Å². The van der Waals surface area contributed by atoms with Crippen molar-refractivity contribution in [1.29, 1.82) is 0 Å². The maximum Gasteiger partial charge on any atom is 0.253 e. The molecular formula is C11H10Cl2N4O. The molecule has 0 atom stereocenters. The number of nitrogens with zero attached hydrogens (tertiary/aromatic N) is 3. The number of halogens is 2. The van der Waals surface area contributed by atoms with Crippen LogP contribution in [0.4, 0.5) is 0 Å². The molecule has 2 heterocycles. The second-order valence-electron chi connectivity index (χ2n) is 3.62. The lowest BCUT2D eigenvalue weighted by Gasteiger charge is -2.07. The van der Waals surface area contributed by atoms with Gasteiger partial charge in [-0.2, -0.15) is 5.10 Å². The fourth-order valence-corrected chi connectivity index (χ4v) is 1.78. The lowest BCUT2D eigenvalue weighted by molar-refractivity contribution is 0.0950. The van der Waals surface area contributed by atoms with E-state index in [-0.39, 0.29) is 16.1 Å². The van der Waals surface area contributed by atoms with Crippen molar-refractivity contribution in [1.82, 2.24) is 20.1 Å². The van der Waals surface area contributed by atoms with E-state index in [0.717, 1.165) is 5.69 Å². The van der Waals surface area contributed by atoms with Crippen LogP contribution in [0.3, 0.4) is 0 Å². The van der Waals surface area contributed by atoms with E-state index in [1.807, 2.05) is 6.07 Å². The van der Waals surface area contributed by atoms with Gasteiger partial charge in [-0.15, -0.1) is 0 Å². The first-order chi connectivity index (χ1) is 8.58. The van der Waals surface area contributed by atoms with E-state index in [2.05, 4.69) is 15.4 Å². The minimum absolute atomic E-state index is 0.227. The molecule has 0 saturated carbocycles. The molecule has 0 bridgehead atoms. The summed E-state index contributed by atoms with van der Waals surface area (Å²) >= 11 is 11.6. The summed E-state index contributed by atoms with van der Waals surface area (Å²) in [5.41, 5.74) is 1.19. The summed E-state index contributed by atoms with van der Waals surface area (Å²) in [4.78, 5) is 15.7. The van der Waals surface area contributed by atoms with Crippen LogP contribution in [0, 0.1) is 0 Å². The van der Waals surface area contributed by atoms with Crippen molar-refractivity contribution in [2.75, 3.05) is 0 Å². The number of amides is 1. The highest BCUT2D eigenvalue weighted by Crippen LogP contribution is 2.17. The molecule has 94 valence electrons. The molecule has 0 saturated heterocycles. The van der Waals surface area contributed by atoms with Gasteiger partial charge in [0.25, 0.3) is 5.91 Å². The third-order valence-electron chi connectivity index (χ3n) is 2.42. The highest BCUT2D eigenvalue weighted by molar-refractivity contribution is 6.35. The van der Waals surface area contributed by atoms with E-state index in [4.69, 9.17) is 23.2 Å². The molecule has 0 aromatic carbocycles. The zero-order valence-corrected chi connectivity index (χ0v) is 11.0. The summed E-state index contributed by atoms with van der Waals surface area (Å²) in [6.07, 6.45) is 3.01. The van der Waals surface area contributed by atoms with Crippen molar-refractivity contribution >= 4 is 29.1 Å². The van der Waals surface area contributed by atoms with Gasteiger partial charge >= 0.3 is 0 Å². The average molecular weight is 285 g/mol. The summed E-state index contributed by atoms with van der Waals surface area (Å²) < 4.78 is 1.68. The minimum atomic E-state index is -0.300. The molecule has 7 heteroatoms. The Labute approximate surface area is 114 Å². The Balaban J connectivity index is 2.08. The van der Waals surface area contributed by atoms with Crippen molar-refractivity contribution in [3.63, 3.8) is 0 Å². The van der Waals surface area contributed by atoms with Crippen LogP contribution in [-0.4, -0.2) is 20.7 Å². The number of aromatic nitrogens is 3. The van der Waals surface area contributed by atoms with Crippen LogP contribution in [0.5, 0.6) is 0 Å². The number of carbonyl (C=O) groups is 1. The maximum atomic E-state index is 11.9. The number of aryl methyl sites for hydroxylation is 1. The molecule has 2 rings (SSSR count). The molecule has 0 fully saturated rings.